The smallest absolute Gasteiger partial charge is 0.261 e. The summed E-state index contributed by atoms with van der Waals surface area (Å²) in [5.41, 5.74) is 0.942. The molecule has 0 N–H and O–H groups in total. The van der Waals surface area contributed by atoms with Crippen molar-refractivity contribution in [1.82, 2.24) is 14.5 Å². The van der Waals surface area contributed by atoms with E-state index in [0.717, 1.165) is 0 Å². The third-order valence-electron chi connectivity index (χ3n) is 5.24. The summed E-state index contributed by atoms with van der Waals surface area (Å²) in [6.07, 6.45) is 0.613. The number of hydrogen-bond acceptors (Lipinski definition) is 4. The number of benzene rings is 2. The van der Waals surface area contributed by atoms with E-state index in [4.69, 9.17) is 21.3 Å². The number of hydrogen-bond donors (Lipinski definition) is 0. The van der Waals surface area contributed by atoms with E-state index in [1.54, 1.807) is 59.0 Å². The first-order chi connectivity index (χ1) is 14.4. The Hall–Kier alpha value is -2.86. The van der Waals surface area contributed by atoms with Crippen LogP contribution in [0, 0.1) is 0 Å². The van der Waals surface area contributed by atoms with Crippen molar-refractivity contribution in [3.63, 3.8) is 0 Å². The van der Waals surface area contributed by atoms with Crippen molar-refractivity contribution in [1.29, 1.82) is 0 Å². The standard InChI is InChI=1S/C23H26ClN3O3/c1-5-20(26(6-2)22(28)15-9-8-10-17(13-15)30-4)21-25-19-14-16(24)11-12-18(19)23(29)27(21)7-3/h8-14,20H,5-7H2,1-4H3. The highest BCUT2D eigenvalue weighted by molar-refractivity contribution is 6.31. The molecule has 1 amide bonds. The van der Waals surface area contributed by atoms with E-state index in [1.165, 1.54) is 0 Å². The molecule has 0 aliphatic carbocycles. The fourth-order valence-corrected chi connectivity index (χ4v) is 3.91. The fraction of sp³-hybridized carbons (Fsp3) is 0.348. The van der Waals surface area contributed by atoms with Gasteiger partial charge in [0.15, 0.2) is 0 Å². The molecular weight excluding hydrogens is 402 g/mol. The van der Waals surface area contributed by atoms with Crippen molar-refractivity contribution in [2.75, 3.05) is 13.7 Å². The Labute approximate surface area is 181 Å². The lowest BCUT2D eigenvalue weighted by molar-refractivity contribution is 0.0669. The number of ether oxygens (including phenoxy) is 1. The number of aromatic nitrogens is 2. The van der Waals surface area contributed by atoms with Crippen molar-refractivity contribution < 1.29 is 9.53 Å². The zero-order valence-corrected chi connectivity index (χ0v) is 18.4. The van der Waals surface area contributed by atoms with E-state index in [2.05, 4.69) is 0 Å². The van der Waals surface area contributed by atoms with E-state index in [-0.39, 0.29) is 17.5 Å². The van der Waals surface area contributed by atoms with E-state index in [9.17, 15) is 9.59 Å². The van der Waals surface area contributed by atoms with Crippen LogP contribution in [0.5, 0.6) is 5.75 Å². The van der Waals surface area contributed by atoms with Crippen LogP contribution < -0.4 is 10.3 Å². The predicted molar refractivity (Wildman–Crippen MR) is 119 cm³/mol. The minimum Gasteiger partial charge on any atom is -0.497 e. The largest absolute Gasteiger partial charge is 0.497 e. The van der Waals surface area contributed by atoms with Crippen LogP contribution in [0.1, 0.15) is 49.4 Å². The molecule has 0 saturated carbocycles. The maximum Gasteiger partial charge on any atom is 0.261 e. The zero-order chi connectivity index (χ0) is 21.8. The molecule has 158 valence electrons. The molecule has 30 heavy (non-hydrogen) atoms. The fourth-order valence-electron chi connectivity index (χ4n) is 3.74. The average Bonchev–Trinajstić information content (AvgIpc) is 2.76. The Kier molecular flexibility index (Phi) is 6.77. The lowest BCUT2D eigenvalue weighted by Crippen LogP contribution is -2.38. The van der Waals surface area contributed by atoms with Crippen LogP contribution in [0.2, 0.25) is 5.02 Å². The molecule has 1 heterocycles. The minimum absolute atomic E-state index is 0.127. The summed E-state index contributed by atoms with van der Waals surface area (Å²) in [5, 5.41) is 1.03. The number of rotatable bonds is 7. The Bertz CT molecular complexity index is 1130. The molecule has 1 unspecified atom stereocenters. The summed E-state index contributed by atoms with van der Waals surface area (Å²) in [6.45, 7) is 6.75. The van der Waals surface area contributed by atoms with Crippen LogP contribution in [0.15, 0.2) is 47.3 Å². The van der Waals surface area contributed by atoms with Crippen LogP contribution in [-0.4, -0.2) is 34.0 Å². The molecule has 0 spiro atoms. The monoisotopic (exact) mass is 427 g/mol. The normalized spacial score (nSPS) is 12.0. The quantitative estimate of drug-likeness (QED) is 0.548. The molecule has 3 aromatic rings. The van der Waals surface area contributed by atoms with Crippen LogP contribution >= 0.6 is 11.6 Å². The molecule has 1 atom stereocenters. The number of amides is 1. The number of nitrogens with zero attached hydrogens (tertiary/aromatic N) is 3. The average molecular weight is 428 g/mol. The van der Waals surface area contributed by atoms with E-state index in [1.807, 2.05) is 20.8 Å². The molecule has 3 rings (SSSR count). The van der Waals surface area contributed by atoms with E-state index < -0.39 is 0 Å². The van der Waals surface area contributed by atoms with Gasteiger partial charge in [-0.25, -0.2) is 4.98 Å². The first kappa shape index (κ1) is 21.8. The van der Waals surface area contributed by atoms with Gasteiger partial charge in [-0.2, -0.15) is 0 Å². The lowest BCUT2D eigenvalue weighted by atomic mass is 10.1. The van der Waals surface area contributed by atoms with Gasteiger partial charge in [0.1, 0.15) is 11.6 Å². The predicted octanol–water partition coefficient (Wildman–Crippen LogP) is 4.69. The number of fused-ring (bicyclic) bond motifs is 1. The Morgan fingerprint density at radius 1 is 1.20 bits per heavy atom. The van der Waals surface area contributed by atoms with Gasteiger partial charge in [-0.1, -0.05) is 24.6 Å². The zero-order valence-electron chi connectivity index (χ0n) is 17.7. The maximum absolute atomic E-state index is 13.4. The second kappa shape index (κ2) is 9.30. The van der Waals surface area contributed by atoms with Gasteiger partial charge >= 0.3 is 0 Å². The minimum atomic E-state index is -0.357. The first-order valence-corrected chi connectivity index (χ1v) is 10.5. The first-order valence-electron chi connectivity index (χ1n) is 10.1. The van der Waals surface area contributed by atoms with Crippen molar-refractivity contribution in [2.24, 2.45) is 0 Å². The third-order valence-corrected chi connectivity index (χ3v) is 5.48. The van der Waals surface area contributed by atoms with Gasteiger partial charge in [-0.3, -0.25) is 14.2 Å². The number of carbonyl (C=O) groups is 1. The Morgan fingerprint density at radius 3 is 2.60 bits per heavy atom. The topological polar surface area (TPSA) is 64.4 Å². The maximum atomic E-state index is 13.4. The Morgan fingerprint density at radius 2 is 1.97 bits per heavy atom. The molecule has 0 aliphatic rings. The highest BCUT2D eigenvalue weighted by Crippen LogP contribution is 2.27. The molecule has 7 heteroatoms. The molecule has 6 nitrogen and oxygen atoms in total. The van der Waals surface area contributed by atoms with Crippen molar-refractivity contribution in [2.45, 2.75) is 39.8 Å². The van der Waals surface area contributed by atoms with Gasteiger partial charge in [-0.15, -0.1) is 0 Å². The second-order valence-electron chi connectivity index (χ2n) is 6.93. The lowest BCUT2D eigenvalue weighted by Gasteiger charge is -2.31. The van der Waals surface area contributed by atoms with Gasteiger partial charge in [0.05, 0.1) is 24.1 Å². The molecule has 0 radical (unpaired) electrons. The van der Waals surface area contributed by atoms with Crippen molar-refractivity contribution in [3.8, 4) is 5.75 Å². The van der Waals surface area contributed by atoms with Gasteiger partial charge in [0.25, 0.3) is 11.5 Å². The van der Waals surface area contributed by atoms with Gasteiger partial charge < -0.3 is 9.64 Å². The summed E-state index contributed by atoms with van der Waals surface area (Å²) in [6, 6.07) is 11.8. The molecule has 1 aromatic heterocycles. The van der Waals surface area contributed by atoms with Crippen LogP contribution in [-0.2, 0) is 6.54 Å². The number of halogens is 1. The van der Waals surface area contributed by atoms with Gasteiger partial charge in [0, 0.05) is 23.7 Å². The van der Waals surface area contributed by atoms with Crippen LogP contribution in [0.25, 0.3) is 10.9 Å². The second-order valence-corrected chi connectivity index (χ2v) is 7.36. The SMILES string of the molecule is CCC(c1nc2cc(Cl)ccc2c(=O)n1CC)N(CC)C(=O)c1cccc(OC)c1. The summed E-state index contributed by atoms with van der Waals surface area (Å²) in [7, 11) is 1.57. The van der Waals surface area contributed by atoms with Crippen molar-refractivity contribution >= 4 is 28.4 Å². The summed E-state index contributed by atoms with van der Waals surface area (Å²) in [5.74, 6) is 1.05. The molecule has 0 bridgehead atoms. The highest BCUT2D eigenvalue weighted by Gasteiger charge is 2.28. The number of carbonyl (C=O) groups excluding carboxylic acids is 1. The molecule has 2 aromatic carbocycles. The molecule has 0 aliphatic heterocycles. The van der Waals surface area contributed by atoms with Gasteiger partial charge in [0.2, 0.25) is 0 Å². The molecule has 0 saturated heterocycles. The summed E-state index contributed by atoms with van der Waals surface area (Å²) < 4.78 is 6.91. The van der Waals surface area contributed by atoms with E-state index in [0.29, 0.717) is 52.6 Å². The molecular formula is C23H26ClN3O3. The summed E-state index contributed by atoms with van der Waals surface area (Å²) in [4.78, 5) is 33.0. The van der Waals surface area contributed by atoms with Crippen molar-refractivity contribution in [3.05, 3.63) is 69.2 Å². The van der Waals surface area contributed by atoms with Gasteiger partial charge in [-0.05, 0) is 56.7 Å². The Balaban J connectivity index is 2.14. The highest BCUT2D eigenvalue weighted by atomic mass is 35.5. The third kappa shape index (κ3) is 4.05. The molecule has 0 fully saturated rings. The van der Waals surface area contributed by atoms with E-state index >= 15 is 0 Å². The van der Waals surface area contributed by atoms with Crippen LogP contribution in [0.3, 0.4) is 0 Å². The number of methoxy groups -OCH3 is 1. The van der Waals surface area contributed by atoms with Crippen LogP contribution in [0.4, 0.5) is 0 Å². The summed E-state index contributed by atoms with van der Waals surface area (Å²) >= 11 is 6.13.